The molecule has 38 heavy (non-hydrogen) atoms. The number of hydrogen-bond acceptors (Lipinski definition) is 9. The first-order valence-electron chi connectivity index (χ1n) is 11.9. The summed E-state index contributed by atoms with van der Waals surface area (Å²) in [6, 6.07) is 15.4. The summed E-state index contributed by atoms with van der Waals surface area (Å²) >= 11 is 0. The largest absolute Gasteiger partial charge is 0.507 e. The molecule has 194 valence electrons. The molecule has 0 saturated heterocycles. The maximum Gasteiger partial charge on any atom is 0.343 e. The number of para-hydroxylation sites is 1. The van der Waals surface area contributed by atoms with Gasteiger partial charge in [-0.15, -0.1) is 0 Å². The van der Waals surface area contributed by atoms with Crippen LogP contribution >= 0.6 is 0 Å². The van der Waals surface area contributed by atoms with E-state index in [1.54, 1.807) is 48.5 Å². The van der Waals surface area contributed by atoms with E-state index in [9.17, 15) is 14.7 Å². The Morgan fingerprint density at radius 1 is 1.00 bits per heavy atom. The predicted molar refractivity (Wildman–Crippen MR) is 134 cm³/mol. The minimum atomic E-state index is -0.879. The highest BCUT2D eigenvalue weighted by molar-refractivity contribution is 5.85. The third kappa shape index (κ3) is 4.19. The van der Waals surface area contributed by atoms with E-state index in [-0.39, 0.29) is 49.4 Å². The summed E-state index contributed by atoms with van der Waals surface area (Å²) in [7, 11) is 1.48. The van der Waals surface area contributed by atoms with Gasteiger partial charge in [0.25, 0.3) is 0 Å². The second-order valence-corrected chi connectivity index (χ2v) is 8.83. The minimum absolute atomic E-state index is 0.0131. The fourth-order valence-corrected chi connectivity index (χ4v) is 4.70. The molecule has 1 atom stereocenters. The fraction of sp³-hybridized carbons (Fsp3) is 0.214. The van der Waals surface area contributed by atoms with Gasteiger partial charge in [0.1, 0.15) is 11.3 Å². The van der Waals surface area contributed by atoms with Crippen LogP contribution in [0.4, 0.5) is 0 Å². The second-order valence-electron chi connectivity index (χ2n) is 8.83. The van der Waals surface area contributed by atoms with Crippen LogP contribution in [0.3, 0.4) is 0 Å². The summed E-state index contributed by atoms with van der Waals surface area (Å²) in [6.45, 7) is 0.397. The zero-order valence-electron chi connectivity index (χ0n) is 20.3. The van der Waals surface area contributed by atoms with Gasteiger partial charge in [-0.2, -0.15) is 0 Å². The zero-order chi connectivity index (χ0) is 26.2. The number of rotatable bonds is 7. The molecule has 4 aromatic rings. The van der Waals surface area contributed by atoms with Gasteiger partial charge in [-0.05, 0) is 47.5 Å². The first kappa shape index (κ1) is 23.5. The lowest BCUT2D eigenvalue weighted by Crippen LogP contribution is -2.26. The number of fused-ring (bicyclic) bond motifs is 3. The quantitative estimate of drug-likeness (QED) is 0.352. The molecule has 2 N–H and O–H groups in total. The molecule has 0 radical (unpaired) electrons. The van der Waals surface area contributed by atoms with Gasteiger partial charge in [0.15, 0.2) is 23.0 Å². The van der Waals surface area contributed by atoms with E-state index in [0.29, 0.717) is 39.7 Å². The normalized spacial score (nSPS) is 13.9. The van der Waals surface area contributed by atoms with Crippen LogP contribution in [0.25, 0.3) is 11.0 Å². The molecule has 2 aliphatic heterocycles. The lowest BCUT2D eigenvalue weighted by Gasteiger charge is -2.20. The van der Waals surface area contributed by atoms with Crippen molar-refractivity contribution < 1.29 is 38.0 Å². The first-order valence-corrected chi connectivity index (χ1v) is 11.9. The average molecular weight is 517 g/mol. The number of ether oxygens (including phenoxy) is 5. The molecule has 0 fully saturated rings. The smallest absolute Gasteiger partial charge is 0.343 e. The number of methoxy groups -OCH3 is 1. The van der Waals surface area contributed by atoms with Crippen molar-refractivity contribution in [2.75, 3.05) is 20.7 Å². The van der Waals surface area contributed by atoms with Crippen LogP contribution in [-0.4, -0.2) is 31.7 Å². The number of aromatic hydroxyl groups is 1. The Morgan fingerprint density at radius 2 is 1.79 bits per heavy atom. The zero-order valence-corrected chi connectivity index (χ0v) is 20.3. The molecule has 0 spiro atoms. The molecule has 3 aromatic carbocycles. The van der Waals surface area contributed by atoms with Gasteiger partial charge in [-0.3, -0.25) is 4.79 Å². The van der Waals surface area contributed by atoms with Crippen LogP contribution < -0.4 is 34.6 Å². The van der Waals surface area contributed by atoms with Crippen molar-refractivity contribution in [1.82, 2.24) is 5.32 Å². The Balaban J connectivity index is 1.36. The highest BCUT2D eigenvalue weighted by atomic mass is 16.7. The number of carbonyl (C=O) groups excluding carboxylic acids is 1. The molecule has 6 rings (SSSR count). The number of carbonyl (C=O) groups is 1. The van der Waals surface area contributed by atoms with Gasteiger partial charge in [-0.25, -0.2) is 4.79 Å². The molecule has 10 nitrogen and oxygen atoms in total. The molecule has 0 saturated carbocycles. The molecule has 1 aromatic heterocycles. The summed E-state index contributed by atoms with van der Waals surface area (Å²) in [5, 5.41) is 14.4. The van der Waals surface area contributed by atoms with Gasteiger partial charge in [-0.1, -0.05) is 18.2 Å². The molecular formula is C28H23NO9. The molecule has 0 bridgehead atoms. The number of benzene rings is 3. The average Bonchev–Trinajstić information content (AvgIpc) is 3.60. The van der Waals surface area contributed by atoms with Crippen LogP contribution in [0.5, 0.6) is 34.5 Å². The van der Waals surface area contributed by atoms with E-state index in [1.807, 2.05) is 6.07 Å². The summed E-state index contributed by atoms with van der Waals surface area (Å²) in [4.78, 5) is 26.4. The van der Waals surface area contributed by atoms with E-state index < -0.39 is 11.5 Å². The van der Waals surface area contributed by atoms with Crippen LogP contribution in [-0.2, 0) is 11.3 Å². The highest BCUT2D eigenvalue weighted by Gasteiger charge is 2.30. The summed E-state index contributed by atoms with van der Waals surface area (Å²) in [5.74, 6) is 1.00. The van der Waals surface area contributed by atoms with Crippen LogP contribution in [0.2, 0.25) is 0 Å². The maximum absolute atomic E-state index is 13.2. The van der Waals surface area contributed by atoms with E-state index >= 15 is 0 Å². The summed E-state index contributed by atoms with van der Waals surface area (Å²) < 4.78 is 32.8. The molecule has 2 aliphatic rings. The fourth-order valence-electron chi connectivity index (χ4n) is 4.70. The van der Waals surface area contributed by atoms with Crippen LogP contribution in [0, 0.1) is 0 Å². The number of amides is 1. The summed E-state index contributed by atoms with van der Waals surface area (Å²) in [5.41, 5.74) is 0.793. The van der Waals surface area contributed by atoms with Gasteiger partial charge in [0, 0.05) is 18.9 Å². The molecular weight excluding hydrogens is 494 g/mol. The Labute approximate surface area is 216 Å². The third-order valence-corrected chi connectivity index (χ3v) is 6.57. The van der Waals surface area contributed by atoms with Crippen molar-refractivity contribution in [2.45, 2.75) is 18.9 Å². The lowest BCUT2D eigenvalue weighted by molar-refractivity contribution is -0.121. The van der Waals surface area contributed by atoms with Gasteiger partial charge < -0.3 is 38.5 Å². The van der Waals surface area contributed by atoms with E-state index in [4.69, 9.17) is 28.1 Å². The van der Waals surface area contributed by atoms with Gasteiger partial charge in [0.2, 0.25) is 25.2 Å². The van der Waals surface area contributed by atoms with Gasteiger partial charge in [0.05, 0.1) is 18.1 Å². The number of hydrogen-bond donors (Lipinski definition) is 2. The Kier molecular flexibility index (Phi) is 5.91. The minimum Gasteiger partial charge on any atom is -0.507 e. The van der Waals surface area contributed by atoms with Crippen molar-refractivity contribution in [3.05, 3.63) is 81.7 Å². The second kappa shape index (κ2) is 9.55. The van der Waals surface area contributed by atoms with E-state index in [1.165, 1.54) is 7.11 Å². The standard InChI is InChI=1S/C28H23NO9/c1-33-22-9-16(10-23-27(22)37-14-36-23)18(25-26(31)17-4-2-3-5-19(17)38-28(25)32)11-24(30)29-12-15-6-7-20-21(8-15)35-13-34-20/h2-10,18,31H,11-14H2,1H3,(H,29,30)/t18-/m0/s1. The lowest BCUT2D eigenvalue weighted by atomic mass is 9.87. The maximum atomic E-state index is 13.2. The Bertz CT molecular complexity index is 1610. The van der Waals surface area contributed by atoms with Crippen molar-refractivity contribution in [3.63, 3.8) is 0 Å². The number of nitrogens with one attached hydrogen (secondary N) is 1. The monoisotopic (exact) mass is 517 g/mol. The van der Waals surface area contributed by atoms with Crippen LogP contribution in [0.15, 0.2) is 63.8 Å². The molecule has 0 unspecified atom stereocenters. The highest BCUT2D eigenvalue weighted by Crippen LogP contribution is 2.46. The third-order valence-electron chi connectivity index (χ3n) is 6.57. The predicted octanol–water partition coefficient (Wildman–Crippen LogP) is 3.80. The molecule has 10 heteroatoms. The van der Waals surface area contributed by atoms with E-state index in [2.05, 4.69) is 5.32 Å². The first-order chi connectivity index (χ1) is 18.5. The van der Waals surface area contributed by atoms with Crippen molar-refractivity contribution in [2.24, 2.45) is 0 Å². The van der Waals surface area contributed by atoms with Gasteiger partial charge >= 0.3 is 5.63 Å². The molecule has 3 heterocycles. The topological polar surface area (TPSA) is 126 Å². The molecule has 0 aliphatic carbocycles. The van der Waals surface area contributed by atoms with Crippen molar-refractivity contribution in [1.29, 1.82) is 0 Å². The van der Waals surface area contributed by atoms with Crippen LogP contribution in [0.1, 0.15) is 29.0 Å². The summed E-state index contributed by atoms with van der Waals surface area (Å²) in [6.07, 6.45) is -0.163. The molecule has 1 amide bonds. The van der Waals surface area contributed by atoms with Crippen molar-refractivity contribution in [3.8, 4) is 34.5 Å². The Hall–Kier alpha value is -4.86. The van der Waals surface area contributed by atoms with Crippen molar-refractivity contribution >= 4 is 16.9 Å². The van der Waals surface area contributed by atoms with E-state index in [0.717, 1.165) is 5.56 Å². The SMILES string of the molecule is COc1cc([C@H](CC(=O)NCc2ccc3c(c2)OCO3)c2c(O)c3ccccc3oc2=O)cc2c1OCO2. The Morgan fingerprint density at radius 3 is 2.66 bits per heavy atom.